The van der Waals surface area contributed by atoms with Crippen LogP contribution in [0.4, 0.5) is 0 Å². The van der Waals surface area contributed by atoms with Gasteiger partial charge in [-0.2, -0.15) is 0 Å². The Morgan fingerprint density at radius 1 is 0.667 bits per heavy atom. The molecule has 0 rings (SSSR count). The Bertz CT molecular complexity index is 384. The Balaban J connectivity index is 3.70. The Morgan fingerprint density at radius 2 is 1.03 bits per heavy atom. The monoisotopic (exact) mass is 536 g/mol. The molecule has 0 aliphatic carbocycles. The zero-order chi connectivity index (χ0) is 22.9. The van der Waals surface area contributed by atoms with E-state index in [2.05, 4.69) is 51.1 Å². The molecule has 0 aromatic carbocycles. The minimum absolute atomic E-state index is 0.754. The molecule has 0 bridgehead atoms. The summed E-state index contributed by atoms with van der Waals surface area (Å²) in [5.41, 5.74) is 0. The van der Waals surface area contributed by atoms with Crippen LogP contribution in [0, 0.1) is 0 Å². The topological polar surface area (TPSA) is 43.4 Å². The lowest BCUT2D eigenvalue weighted by molar-refractivity contribution is 0.184. The summed E-state index contributed by atoms with van der Waals surface area (Å²) in [6.45, 7) is 7.74. The van der Waals surface area contributed by atoms with Gasteiger partial charge in [0.25, 0.3) is 0 Å². The summed E-state index contributed by atoms with van der Waals surface area (Å²) < 4.78 is 23.6. The Kier molecular flexibility index (Phi) is 20.0. The zero-order valence-corrected chi connectivity index (χ0v) is 25.5. The summed E-state index contributed by atoms with van der Waals surface area (Å²) in [5.74, 6) is 2.27. The van der Waals surface area contributed by atoms with Crippen molar-refractivity contribution in [3.63, 3.8) is 0 Å². The van der Waals surface area contributed by atoms with Crippen LogP contribution in [0.15, 0.2) is 0 Å². The van der Waals surface area contributed by atoms with Gasteiger partial charge in [-0.3, -0.25) is 0 Å². The Labute approximate surface area is 203 Å². The van der Waals surface area contributed by atoms with Gasteiger partial charge >= 0.3 is 17.1 Å². The van der Waals surface area contributed by atoms with E-state index < -0.39 is 17.1 Å². The molecule has 0 aliphatic heterocycles. The minimum atomic E-state index is -2.00. The first-order chi connectivity index (χ1) is 14.2. The lowest BCUT2D eigenvalue weighted by Gasteiger charge is -2.26. The van der Waals surface area contributed by atoms with Crippen LogP contribution in [0.1, 0.15) is 12.8 Å². The van der Waals surface area contributed by atoms with Crippen molar-refractivity contribution >= 4 is 58.4 Å². The third-order valence-corrected chi connectivity index (χ3v) is 17.1. The molecule has 2 atom stereocenters. The van der Waals surface area contributed by atoms with Crippen molar-refractivity contribution in [2.45, 2.75) is 38.0 Å². The van der Waals surface area contributed by atoms with E-state index in [0.29, 0.717) is 0 Å². The summed E-state index contributed by atoms with van der Waals surface area (Å²) in [7, 11) is 15.5. The fourth-order valence-electron chi connectivity index (χ4n) is 2.37. The van der Waals surface area contributed by atoms with Crippen LogP contribution in [-0.4, -0.2) is 107 Å². The lowest BCUT2D eigenvalue weighted by Crippen LogP contribution is -2.39. The second-order valence-corrected chi connectivity index (χ2v) is 21.1. The van der Waals surface area contributed by atoms with E-state index in [1.807, 2.05) is 41.2 Å². The second-order valence-electron chi connectivity index (χ2n) is 7.97. The number of hydrogen-bond acceptors (Lipinski definition) is 10. The highest BCUT2D eigenvalue weighted by Gasteiger charge is 2.30. The maximum atomic E-state index is 6.06. The van der Waals surface area contributed by atoms with E-state index in [9.17, 15) is 0 Å². The molecular weight excluding hydrogens is 493 g/mol. The molecule has 0 aromatic heterocycles. The summed E-state index contributed by atoms with van der Waals surface area (Å²) in [5, 5.41) is 0. The number of likely N-dealkylation sites (N-methyl/N-ethyl adjacent to an activating group) is 2. The standard InChI is InChI=1S/C18H44N2O4S4Si2/c1-19(2)11-13-23-29(7,21-5)17-9-15-25-27-28-26-16-10-18-30(8,22-6)24-14-12-20(3)4/h9-18H2,1-8H3. The van der Waals surface area contributed by atoms with Crippen LogP contribution < -0.4 is 0 Å². The van der Waals surface area contributed by atoms with Crippen molar-refractivity contribution in [2.75, 3.05) is 80.2 Å². The maximum Gasteiger partial charge on any atom is 0.334 e. The van der Waals surface area contributed by atoms with E-state index in [1.165, 1.54) is 0 Å². The molecule has 0 spiro atoms. The van der Waals surface area contributed by atoms with Gasteiger partial charge in [-0.1, -0.05) is 21.6 Å². The van der Waals surface area contributed by atoms with Crippen molar-refractivity contribution in [2.24, 2.45) is 0 Å². The minimum Gasteiger partial charge on any atom is -0.398 e. The molecule has 30 heavy (non-hydrogen) atoms. The summed E-state index contributed by atoms with van der Waals surface area (Å²) in [4.78, 5) is 4.28. The molecule has 0 fully saturated rings. The normalized spacial score (nSPS) is 16.2. The van der Waals surface area contributed by atoms with Gasteiger partial charge in [0.15, 0.2) is 0 Å². The third kappa shape index (κ3) is 18.1. The first-order valence-corrected chi connectivity index (χ1v) is 20.6. The Hall–Kier alpha value is 1.59. The molecule has 0 saturated heterocycles. The van der Waals surface area contributed by atoms with Gasteiger partial charge in [0.2, 0.25) is 0 Å². The highest BCUT2D eigenvalue weighted by Crippen LogP contribution is 2.43. The van der Waals surface area contributed by atoms with Gasteiger partial charge in [-0.15, -0.1) is 0 Å². The van der Waals surface area contributed by atoms with E-state index in [1.54, 1.807) is 14.2 Å². The molecular formula is C18H44N2O4S4Si2. The van der Waals surface area contributed by atoms with Gasteiger partial charge < -0.3 is 27.5 Å². The van der Waals surface area contributed by atoms with Gasteiger partial charge in [0, 0.05) is 52.0 Å². The average Bonchev–Trinajstić information content (AvgIpc) is 2.68. The highest BCUT2D eigenvalue weighted by atomic mass is 33.7. The second kappa shape index (κ2) is 19.0. The highest BCUT2D eigenvalue weighted by molar-refractivity contribution is 9.26. The van der Waals surface area contributed by atoms with Gasteiger partial charge in [-0.25, -0.2) is 0 Å². The van der Waals surface area contributed by atoms with E-state index in [0.717, 1.165) is 62.7 Å². The van der Waals surface area contributed by atoms with Crippen LogP contribution in [0.3, 0.4) is 0 Å². The number of rotatable bonds is 21. The van der Waals surface area contributed by atoms with E-state index in [4.69, 9.17) is 17.7 Å². The molecule has 2 unspecified atom stereocenters. The molecule has 0 aliphatic rings. The van der Waals surface area contributed by atoms with Gasteiger partial charge in [0.1, 0.15) is 0 Å². The van der Waals surface area contributed by atoms with Crippen LogP contribution in [0.2, 0.25) is 25.2 Å². The van der Waals surface area contributed by atoms with E-state index >= 15 is 0 Å². The van der Waals surface area contributed by atoms with E-state index in [-0.39, 0.29) is 0 Å². The first-order valence-electron chi connectivity index (χ1n) is 10.4. The SMILES string of the molecule is CO[Si](C)(CCCSSSSCCC[Si](C)(OC)OCCN(C)C)OCCN(C)C. The number of hydrogen-bond donors (Lipinski definition) is 0. The quantitative estimate of drug-likeness (QED) is 0.113. The fraction of sp³-hybridized carbons (Fsp3) is 1.00. The summed E-state index contributed by atoms with van der Waals surface area (Å²) >= 11 is 0. The van der Waals surface area contributed by atoms with Crippen LogP contribution in [-0.2, 0) is 17.7 Å². The van der Waals surface area contributed by atoms with Crippen molar-refractivity contribution < 1.29 is 17.7 Å². The molecule has 12 heteroatoms. The summed E-state index contributed by atoms with van der Waals surface area (Å²) in [6.07, 6.45) is 2.28. The smallest absolute Gasteiger partial charge is 0.334 e. The largest absolute Gasteiger partial charge is 0.398 e. The first kappa shape index (κ1) is 31.6. The van der Waals surface area contributed by atoms with Gasteiger partial charge in [0.05, 0.1) is 0 Å². The Morgan fingerprint density at radius 3 is 1.33 bits per heavy atom. The molecule has 0 amide bonds. The summed E-state index contributed by atoms with van der Waals surface area (Å²) in [6, 6.07) is 2.10. The molecule has 0 aromatic rings. The number of nitrogens with zero attached hydrogens (tertiary/aromatic N) is 2. The molecule has 0 radical (unpaired) electrons. The van der Waals surface area contributed by atoms with Crippen LogP contribution in [0.25, 0.3) is 0 Å². The molecule has 0 heterocycles. The predicted molar refractivity (Wildman–Crippen MR) is 145 cm³/mol. The van der Waals surface area contributed by atoms with Crippen LogP contribution in [0.5, 0.6) is 0 Å². The van der Waals surface area contributed by atoms with Crippen molar-refractivity contribution in [3.8, 4) is 0 Å². The maximum absolute atomic E-state index is 6.06. The van der Waals surface area contributed by atoms with Crippen molar-refractivity contribution in [1.82, 2.24) is 9.80 Å². The lowest BCUT2D eigenvalue weighted by atomic mass is 10.6. The zero-order valence-electron chi connectivity index (χ0n) is 20.2. The third-order valence-electron chi connectivity index (χ3n) is 4.60. The molecule has 0 saturated carbocycles. The molecule has 6 nitrogen and oxygen atoms in total. The average molecular weight is 537 g/mol. The predicted octanol–water partition coefficient (Wildman–Crippen LogP) is 5.04. The molecule has 182 valence electrons. The van der Waals surface area contributed by atoms with Crippen molar-refractivity contribution in [3.05, 3.63) is 0 Å². The van der Waals surface area contributed by atoms with Crippen LogP contribution >= 0.6 is 41.2 Å². The molecule has 0 N–H and O–H groups in total. The fourth-order valence-corrected chi connectivity index (χ4v) is 12.6. The van der Waals surface area contributed by atoms with Crippen molar-refractivity contribution in [1.29, 1.82) is 0 Å². The van der Waals surface area contributed by atoms with Gasteiger partial charge in [-0.05, 0) is 85.9 Å².